The van der Waals surface area contributed by atoms with Gasteiger partial charge in [0.1, 0.15) is 11.5 Å². The van der Waals surface area contributed by atoms with Gasteiger partial charge in [0.2, 0.25) is 0 Å². The fraction of sp³-hybridized carbons (Fsp3) is 0.333. The van der Waals surface area contributed by atoms with Gasteiger partial charge in [0, 0.05) is 4.88 Å². The summed E-state index contributed by atoms with van der Waals surface area (Å²) in [5.74, 6) is -0.689. The number of hydrogen-bond acceptors (Lipinski definition) is 3. The number of aromatic nitrogens is 1. The van der Waals surface area contributed by atoms with Crippen molar-refractivity contribution in [3.8, 4) is 0 Å². The van der Waals surface area contributed by atoms with Crippen molar-refractivity contribution < 1.29 is 18.0 Å². The predicted molar refractivity (Wildman–Crippen MR) is 87.2 cm³/mol. The summed E-state index contributed by atoms with van der Waals surface area (Å²) in [5, 5.41) is 2.81. The maximum absolute atomic E-state index is 12.5. The van der Waals surface area contributed by atoms with Crippen molar-refractivity contribution in [2.45, 2.75) is 33.4 Å². The highest BCUT2D eigenvalue weighted by molar-refractivity contribution is 7.14. The first-order valence-electron chi connectivity index (χ1n) is 6.95. The molecule has 0 unspecified atom stereocenters. The number of hydrogen-bond donors (Lipinski definition) is 1. The maximum Gasteiger partial charge on any atom is 0.433 e. The fourth-order valence-corrected chi connectivity index (χ4v) is 2.91. The maximum atomic E-state index is 12.5. The molecule has 0 spiro atoms. The molecule has 0 aromatic carbocycles. The molecule has 1 N–H and O–H groups in total. The van der Waals surface area contributed by atoms with Gasteiger partial charge in [-0.3, -0.25) is 4.79 Å². The summed E-state index contributed by atoms with van der Waals surface area (Å²) < 4.78 is 37.6. The van der Waals surface area contributed by atoms with E-state index in [2.05, 4.69) is 10.3 Å². The summed E-state index contributed by atoms with van der Waals surface area (Å²) in [6.45, 7) is 5.90. The molecular formula is C15H16ClF3N2OS. The van der Waals surface area contributed by atoms with Gasteiger partial charge in [-0.15, -0.1) is 11.3 Å². The standard InChI is InChI=1S/C13H10ClF3N2OS.C2H6/c1-2-8-7(14)6-9(21-8)12(20)19-11-5-3-4-10(18-11)13(15,16)17;1-2/h3-6H,2H2,1H3,(H,18,19,20);1-2H3. The minimum atomic E-state index is -4.55. The molecule has 2 rings (SSSR count). The topological polar surface area (TPSA) is 42.0 Å². The molecule has 2 heterocycles. The van der Waals surface area contributed by atoms with Crippen molar-refractivity contribution >= 4 is 34.7 Å². The zero-order valence-corrected chi connectivity index (χ0v) is 14.4. The second-order valence-electron chi connectivity index (χ2n) is 4.10. The second kappa shape index (κ2) is 8.31. The van der Waals surface area contributed by atoms with Crippen LogP contribution in [0.4, 0.5) is 19.0 Å². The van der Waals surface area contributed by atoms with Crippen molar-refractivity contribution in [1.82, 2.24) is 4.98 Å². The third-order valence-corrected chi connectivity index (χ3v) is 4.31. The van der Waals surface area contributed by atoms with Crippen molar-refractivity contribution in [1.29, 1.82) is 0 Å². The lowest BCUT2D eigenvalue weighted by Crippen LogP contribution is -2.14. The van der Waals surface area contributed by atoms with Gasteiger partial charge in [-0.25, -0.2) is 4.98 Å². The van der Waals surface area contributed by atoms with Crippen LogP contribution >= 0.6 is 22.9 Å². The van der Waals surface area contributed by atoms with Crippen molar-refractivity contribution in [3.05, 3.63) is 44.7 Å². The number of nitrogens with one attached hydrogen (secondary N) is 1. The number of nitrogens with zero attached hydrogens (tertiary/aromatic N) is 1. The molecule has 126 valence electrons. The van der Waals surface area contributed by atoms with Crippen LogP contribution < -0.4 is 5.32 Å². The summed E-state index contributed by atoms with van der Waals surface area (Å²) in [7, 11) is 0. The first kappa shape index (κ1) is 19.4. The second-order valence-corrected chi connectivity index (χ2v) is 5.64. The Morgan fingerprint density at radius 2 is 2.00 bits per heavy atom. The Bertz CT molecular complexity index is 671. The van der Waals surface area contributed by atoms with E-state index in [1.54, 1.807) is 0 Å². The van der Waals surface area contributed by atoms with Gasteiger partial charge in [0.25, 0.3) is 5.91 Å². The number of thiophene rings is 1. The van der Waals surface area contributed by atoms with Crippen molar-refractivity contribution in [3.63, 3.8) is 0 Å². The molecule has 0 aliphatic carbocycles. The third kappa shape index (κ3) is 5.21. The van der Waals surface area contributed by atoms with Gasteiger partial charge in [-0.05, 0) is 24.6 Å². The monoisotopic (exact) mass is 364 g/mol. The molecule has 0 saturated carbocycles. The summed E-state index contributed by atoms with van der Waals surface area (Å²) in [4.78, 5) is 16.5. The number of halogens is 4. The highest BCUT2D eigenvalue weighted by Crippen LogP contribution is 2.29. The van der Waals surface area contributed by atoms with Crippen molar-refractivity contribution in [2.24, 2.45) is 0 Å². The lowest BCUT2D eigenvalue weighted by molar-refractivity contribution is -0.141. The summed E-state index contributed by atoms with van der Waals surface area (Å²) in [6, 6.07) is 4.81. The van der Waals surface area contributed by atoms with Crippen LogP contribution in [0.25, 0.3) is 0 Å². The first-order chi connectivity index (χ1) is 10.8. The molecule has 2 aromatic heterocycles. The summed E-state index contributed by atoms with van der Waals surface area (Å²) >= 11 is 7.15. The Balaban J connectivity index is 0.00000127. The summed E-state index contributed by atoms with van der Waals surface area (Å²) in [6.07, 6.45) is -3.87. The van der Waals surface area contributed by atoms with Crippen LogP contribution in [0.2, 0.25) is 5.02 Å². The van der Waals surface area contributed by atoms with Crippen LogP contribution in [0.1, 0.15) is 41.0 Å². The Morgan fingerprint density at radius 1 is 1.35 bits per heavy atom. The fourth-order valence-electron chi connectivity index (χ4n) is 1.60. The number of carbonyl (C=O) groups excluding carboxylic acids is 1. The van der Waals surface area contributed by atoms with E-state index < -0.39 is 17.8 Å². The van der Waals surface area contributed by atoms with Gasteiger partial charge < -0.3 is 5.32 Å². The van der Waals surface area contributed by atoms with Gasteiger partial charge in [-0.2, -0.15) is 13.2 Å². The van der Waals surface area contributed by atoms with Crippen LogP contribution in [0.15, 0.2) is 24.3 Å². The summed E-state index contributed by atoms with van der Waals surface area (Å²) in [5.41, 5.74) is -1.06. The predicted octanol–water partition coefficient (Wildman–Crippen LogP) is 5.66. The Morgan fingerprint density at radius 3 is 2.52 bits per heavy atom. The number of rotatable bonds is 3. The minimum Gasteiger partial charge on any atom is -0.306 e. The van der Waals surface area contributed by atoms with Crippen LogP contribution in [0, 0.1) is 0 Å². The van der Waals surface area contributed by atoms with Crippen LogP contribution in [0.3, 0.4) is 0 Å². The van der Waals surface area contributed by atoms with E-state index in [-0.39, 0.29) is 5.82 Å². The Kier molecular flexibility index (Phi) is 7.02. The van der Waals surface area contributed by atoms with E-state index >= 15 is 0 Å². The normalized spacial score (nSPS) is 10.7. The molecule has 3 nitrogen and oxygen atoms in total. The molecule has 8 heteroatoms. The van der Waals surface area contributed by atoms with E-state index in [4.69, 9.17) is 11.6 Å². The lowest BCUT2D eigenvalue weighted by Gasteiger charge is -2.08. The quantitative estimate of drug-likeness (QED) is 0.763. The molecule has 0 aliphatic rings. The molecule has 2 aromatic rings. The van der Waals surface area contributed by atoms with Gasteiger partial charge >= 0.3 is 6.18 Å². The van der Waals surface area contributed by atoms with E-state index in [1.807, 2.05) is 20.8 Å². The molecular weight excluding hydrogens is 349 g/mol. The Hall–Kier alpha value is -1.60. The number of aryl methyl sites for hydroxylation is 1. The number of carbonyl (C=O) groups is 1. The highest BCUT2D eigenvalue weighted by Gasteiger charge is 2.32. The largest absolute Gasteiger partial charge is 0.433 e. The van der Waals surface area contributed by atoms with Gasteiger partial charge in [0.05, 0.1) is 9.90 Å². The highest BCUT2D eigenvalue weighted by atomic mass is 35.5. The molecule has 1 amide bonds. The van der Waals surface area contributed by atoms with Gasteiger partial charge in [0.15, 0.2) is 0 Å². The zero-order chi connectivity index (χ0) is 17.6. The average Bonchev–Trinajstić information content (AvgIpc) is 2.90. The van der Waals surface area contributed by atoms with Crippen LogP contribution in [0.5, 0.6) is 0 Å². The smallest absolute Gasteiger partial charge is 0.306 e. The van der Waals surface area contributed by atoms with Crippen molar-refractivity contribution in [2.75, 3.05) is 5.32 Å². The third-order valence-electron chi connectivity index (χ3n) is 2.58. The SMILES string of the molecule is CC.CCc1sc(C(=O)Nc2cccc(C(F)(F)F)n2)cc1Cl. The van der Waals surface area contributed by atoms with Crippen LogP contribution in [-0.2, 0) is 12.6 Å². The molecule has 0 aliphatic heterocycles. The van der Waals surface area contributed by atoms with E-state index in [9.17, 15) is 18.0 Å². The molecule has 0 radical (unpaired) electrons. The molecule has 0 bridgehead atoms. The molecule has 0 atom stereocenters. The molecule has 23 heavy (non-hydrogen) atoms. The number of alkyl halides is 3. The van der Waals surface area contributed by atoms with E-state index in [1.165, 1.54) is 29.5 Å². The minimum absolute atomic E-state index is 0.155. The lowest BCUT2D eigenvalue weighted by atomic mass is 10.3. The number of amides is 1. The number of anilines is 1. The first-order valence-corrected chi connectivity index (χ1v) is 8.14. The van der Waals surface area contributed by atoms with Crippen LogP contribution in [-0.4, -0.2) is 10.9 Å². The average molecular weight is 365 g/mol. The van der Waals surface area contributed by atoms with E-state index in [0.29, 0.717) is 16.3 Å². The number of pyridine rings is 1. The molecule has 0 saturated heterocycles. The van der Waals surface area contributed by atoms with E-state index in [0.717, 1.165) is 10.9 Å². The molecule has 0 fully saturated rings. The Labute approximate surface area is 141 Å². The zero-order valence-electron chi connectivity index (χ0n) is 12.8. The van der Waals surface area contributed by atoms with Gasteiger partial charge in [-0.1, -0.05) is 38.4 Å².